The maximum Gasteiger partial charge on any atom is 0.266 e. The van der Waals surface area contributed by atoms with E-state index in [9.17, 15) is 4.79 Å². The summed E-state index contributed by atoms with van der Waals surface area (Å²) in [5.41, 5.74) is 1.45. The van der Waals surface area contributed by atoms with Gasteiger partial charge in [0.25, 0.3) is 5.91 Å². The third-order valence-corrected chi connectivity index (χ3v) is 6.29. The van der Waals surface area contributed by atoms with Gasteiger partial charge in [0.2, 0.25) is 0 Å². The van der Waals surface area contributed by atoms with Gasteiger partial charge < -0.3 is 9.47 Å². The molecule has 1 fully saturated rings. The molecule has 1 amide bonds. The van der Waals surface area contributed by atoms with Crippen LogP contribution in [0.25, 0.3) is 6.08 Å². The molecular formula is C20H18BrClN2O3S. The molecule has 0 aliphatic carbocycles. The number of nitrogens with zero attached hydrogens (tertiary/aromatic N) is 2. The Morgan fingerprint density at radius 1 is 1.21 bits per heavy atom. The number of amidine groups is 1. The number of carbonyl (C=O) groups excluding carboxylic acids is 1. The molecule has 0 bridgehead atoms. The maximum atomic E-state index is 12.9. The summed E-state index contributed by atoms with van der Waals surface area (Å²) in [5, 5.41) is 1.18. The van der Waals surface area contributed by atoms with E-state index < -0.39 is 0 Å². The number of ether oxygens (including phenoxy) is 2. The Morgan fingerprint density at radius 3 is 2.64 bits per heavy atom. The second-order valence-corrected chi connectivity index (χ2v) is 8.03. The molecule has 0 radical (unpaired) electrons. The van der Waals surface area contributed by atoms with E-state index in [2.05, 4.69) is 20.9 Å². The molecule has 1 saturated heterocycles. The van der Waals surface area contributed by atoms with Crippen LogP contribution in [-0.4, -0.2) is 36.7 Å². The quantitative estimate of drug-likeness (QED) is 0.511. The summed E-state index contributed by atoms with van der Waals surface area (Å²) in [6, 6.07) is 10.9. The van der Waals surface area contributed by atoms with Crippen molar-refractivity contribution in [3.8, 4) is 11.5 Å². The first-order valence-corrected chi connectivity index (χ1v) is 10.4. The van der Waals surface area contributed by atoms with Crippen molar-refractivity contribution in [2.45, 2.75) is 6.92 Å². The Hall–Kier alpha value is -1.96. The molecule has 3 rings (SSSR count). The molecular weight excluding hydrogens is 464 g/mol. The van der Waals surface area contributed by atoms with Crippen LogP contribution in [0.1, 0.15) is 12.5 Å². The molecule has 0 spiro atoms. The van der Waals surface area contributed by atoms with E-state index in [-0.39, 0.29) is 5.91 Å². The fourth-order valence-electron chi connectivity index (χ4n) is 2.63. The van der Waals surface area contributed by atoms with Gasteiger partial charge in [0.1, 0.15) is 11.5 Å². The summed E-state index contributed by atoms with van der Waals surface area (Å²) in [7, 11) is 3.19. The molecule has 146 valence electrons. The molecule has 0 N–H and O–H groups in total. The SMILES string of the molecule is CCN1C(=O)/C(=C\c2cc(OC)ccc2OC)SC1=Nc1ccc(Br)c(Cl)c1. The molecule has 2 aromatic rings. The number of methoxy groups -OCH3 is 2. The van der Waals surface area contributed by atoms with Crippen molar-refractivity contribution in [1.82, 2.24) is 4.90 Å². The van der Waals surface area contributed by atoms with Crippen molar-refractivity contribution in [3.63, 3.8) is 0 Å². The van der Waals surface area contributed by atoms with Crippen LogP contribution < -0.4 is 9.47 Å². The Bertz CT molecular complexity index is 978. The molecule has 0 atom stereocenters. The highest BCUT2D eigenvalue weighted by Crippen LogP contribution is 2.37. The molecule has 28 heavy (non-hydrogen) atoms. The summed E-state index contributed by atoms with van der Waals surface area (Å²) < 4.78 is 11.5. The largest absolute Gasteiger partial charge is 0.497 e. The predicted molar refractivity (Wildman–Crippen MR) is 119 cm³/mol. The minimum atomic E-state index is -0.0978. The lowest BCUT2D eigenvalue weighted by molar-refractivity contribution is -0.122. The number of hydrogen-bond donors (Lipinski definition) is 0. The van der Waals surface area contributed by atoms with Gasteiger partial charge in [-0.2, -0.15) is 0 Å². The van der Waals surface area contributed by atoms with Crippen LogP contribution >= 0.6 is 39.3 Å². The number of benzene rings is 2. The van der Waals surface area contributed by atoms with Gasteiger partial charge in [0, 0.05) is 16.6 Å². The van der Waals surface area contributed by atoms with Crippen LogP contribution in [0, 0.1) is 0 Å². The summed E-state index contributed by atoms with van der Waals surface area (Å²) >= 11 is 10.8. The minimum Gasteiger partial charge on any atom is -0.497 e. The Morgan fingerprint density at radius 2 is 2.00 bits per heavy atom. The minimum absolute atomic E-state index is 0.0978. The molecule has 1 aliphatic rings. The van der Waals surface area contributed by atoms with Crippen molar-refractivity contribution >= 4 is 62.1 Å². The zero-order valence-corrected chi connectivity index (χ0v) is 18.7. The molecule has 0 unspecified atom stereocenters. The van der Waals surface area contributed by atoms with Gasteiger partial charge in [-0.15, -0.1) is 0 Å². The van der Waals surface area contributed by atoms with Gasteiger partial charge in [0.05, 0.1) is 29.8 Å². The average Bonchev–Trinajstić information content (AvgIpc) is 2.98. The molecule has 1 heterocycles. The second-order valence-electron chi connectivity index (χ2n) is 5.76. The zero-order valence-electron chi connectivity index (χ0n) is 15.5. The number of rotatable bonds is 5. The summed E-state index contributed by atoms with van der Waals surface area (Å²) in [4.78, 5) is 19.7. The van der Waals surface area contributed by atoms with Crippen LogP contribution in [0.2, 0.25) is 5.02 Å². The van der Waals surface area contributed by atoms with Crippen LogP contribution in [-0.2, 0) is 4.79 Å². The lowest BCUT2D eigenvalue weighted by Gasteiger charge is -2.12. The highest BCUT2D eigenvalue weighted by atomic mass is 79.9. The lowest BCUT2D eigenvalue weighted by Crippen LogP contribution is -2.28. The maximum absolute atomic E-state index is 12.9. The number of halogens is 2. The molecule has 8 heteroatoms. The smallest absolute Gasteiger partial charge is 0.266 e. The predicted octanol–water partition coefficient (Wildman–Crippen LogP) is 5.74. The standard InChI is InChI=1S/C20H18BrClN2O3S/c1-4-24-19(25)18(10-12-9-14(26-2)6-8-17(12)27-3)28-20(24)23-13-5-7-15(21)16(22)11-13/h5-11H,4H2,1-3H3/b18-10+,23-20?. The van der Waals surface area contributed by atoms with Crippen LogP contribution in [0.4, 0.5) is 5.69 Å². The van der Waals surface area contributed by atoms with E-state index in [4.69, 9.17) is 21.1 Å². The highest BCUT2D eigenvalue weighted by molar-refractivity contribution is 9.10. The number of thioether (sulfide) groups is 1. The number of aliphatic imine (C=N–C) groups is 1. The third-order valence-electron chi connectivity index (χ3n) is 4.06. The van der Waals surface area contributed by atoms with E-state index in [1.54, 1.807) is 31.3 Å². The first kappa shape index (κ1) is 20.8. The summed E-state index contributed by atoms with van der Waals surface area (Å²) in [5.74, 6) is 1.25. The van der Waals surface area contributed by atoms with Crippen LogP contribution in [0.5, 0.6) is 11.5 Å². The average molecular weight is 482 g/mol. The normalized spacial score (nSPS) is 16.9. The molecule has 2 aromatic carbocycles. The van der Waals surface area contributed by atoms with Gasteiger partial charge >= 0.3 is 0 Å². The number of carbonyl (C=O) groups is 1. The number of likely N-dealkylation sites (N-methyl/N-ethyl adjacent to an activating group) is 1. The van der Waals surface area contributed by atoms with Crippen molar-refractivity contribution < 1.29 is 14.3 Å². The molecule has 0 saturated carbocycles. The van der Waals surface area contributed by atoms with Gasteiger partial charge in [-0.25, -0.2) is 4.99 Å². The molecule has 0 aromatic heterocycles. The molecule has 1 aliphatic heterocycles. The number of amides is 1. The third kappa shape index (κ3) is 4.37. The first-order chi connectivity index (χ1) is 13.5. The van der Waals surface area contributed by atoms with Gasteiger partial charge in [0.15, 0.2) is 5.17 Å². The van der Waals surface area contributed by atoms with Crippen LogP contribution in [0.3, 0.4) is 0 Å². The van der Waals surface area contributed by atoms with E-state index in [1.807, 2.05) is 37.3 Å². The molecule has 5 nitrogen and oxygen atoms in total. The monoisotopic (exact) mass is 480 g/mol. The first-order valence-electron chi connectivity index (χ1n) is 8.44. The Labute approximate surface area is 181 Å². The lowest BCUT2D eigenvalue weighted by atomic mass is 10.1. The highest BCUT2D eigenvalue weighted by Gasteiger charge is 2.32. The van der Waals surface area contributed by atoms with Crippen LogP contribution in [0.15, 0.2) is 50.8 Å². The van der Waals surface area contributed by atoms with Gasteiger partial charge in [-0.1, -0.05) is 11.6 Å². The van der Waals surface area contributed by atoms with Crippen molar-refractivity contribution in [2.75, 3.05) is 20.8 Å². The van der Waals surface area contributed by atoms with Crippen molar-refractivity contribution in [3.05, 3.63) is 56.4 Å². The fraction of sp³-hybridized carbons (Fsp3) is 0.200. The second kappa shape index (κ2) is 9.03. The van der Waals surface area contributed by atoms with Crippen molar-refractivity contribution in [2.24, 2.45) is 4.99 Å². The Kier molecular flexibility index (Phi) is 6.69. The van der Waals surface area contributed by atoms with E-state index in [1.165, 1.54) is 11.8 Å². The fourth-order valence-corrected chi connectivity index (χ4v) is 4.10. The number of hydrogen-bond acceptors (Lipinski definition) is 5. The topological polar surface area (TPSA) is 51.1 Å². The van der Waals surface area contributed by atoms with E-state index in [0.717, 1.165) is 10.0 Å². The van der Waals surface area contributed by atoms with E-state index >= 15 is 0 Å². The van der Waals surface area contributed by atoms with Gasteiger partial charge in [-0.3, -0.25) is 9.69 Å². The van der Waals surface area contributed by atoms with E-state index in [0.29, 0.717) is 38.8 Å². The zero-order chi connectivity index (χ0) is 20.3. The Balaban J connectivity index is 1.98. The van der Waals surface area contributed by atoms with Gasteiger partial charge in [-0.05, 0) is 77.1 Å². The summed E-state index contributed by atoms with van der Waals surface area (Å²) in [6.07, 6.45) is 1.80. The van der Waals surface area contributed by atoms with Crippen molar-refractivity contribution in [1.29, 1.82) is 0 Å². The summed E-state index contributed by atoms with van der Waals surface area (Å²) in [6.45, 7) is 2.43.